The minimum atomic E-state index is 0.586. The maximum Gasteiger partial charge on any atom is 0.119 e. The number of nitrogens with zero attached hydrogens (tertiary/aromatic N) is 1. The molecule has 0 bridgehead atoms. The molecule has 2 nitrogen and oxygen atoms in total. The first-order chi connectivity index (χ1) is 9.24. The topological polar surface area (TPSA) is 14.2 Å². The number of halogens is 1. The van der Waals surface area contributed by atoms with Crippen molar-refractivity contribution in [1.29, 1.82) is 0 Å². The molecular formula is C16H14BrNO. The molecule has 96 valence electrons. The fourth-order valence-corrected chi connectivity index (χ4v) is 2.58. The van der Waals surface area contributed by atoms with Crippen molar-refractivity contribution in [3.8, 4) is 5.75 Å². The number of aryl methyl sites for hydroxylation is 1. The van der Waals surface area contributed by atoms with E-state index < -0.39 is 0 Å². The lowest BCUT2D eigenvalue weighted by Gasteiger charge is -2.04. The van der Waals surface area contributed by atoms with E-state index in [1.807, 2.05) is 30.3 Å². The average Bonchev–Trinajstić information content (AvgIpc) is 2.74. The van der Waals surface area contributed by atoms with Crippen molar-refractivity contribution in [2.75, 3.05) is 0 Å². The molecule has 1 heterocycles. The molecule has 0 radical (unpaired) electrons. The maximum absolute atomic E-state index is 5.82. The van der Waals surface area contributed by atoms with E-state index in [1.165, 1.54) is 16.5 Å². The monoisotopic (exact) mass is 315 g/mol. The van der Waals surface area contributed by atoms with E-state index in [4.69, 9.17) is 4.74 Å². The lowest BCUT2D eigenvalue weighted by atomic mass is 10.2. The molecule has 0 saturated carbocycles. The number of para-hydroxylation sites is 1. The fraction of sp³-hybridized carbons (Fsp3) is 0.125. The van der Waals surface area contributed by atoms with Crippen LogP contribution in [0, 0.1) is 0 Å². The van der Waals surface area contributed by atoms with Gasteiger partial charge in [-0.3, -0.25) is 0 Å². The normalized spacial score (nSPS) is 10.8. The minimum absolute atomic E-state index is 0.586. The van der Waals surface area contributed by atoms with Gasteiger partial charge in [-0.25, -0.2) is 0 Å². The van der Waals surface area contributed by atoms with Gasteiger partial charge in [0.05, 0.1) is 0 Å². The molecule has 0 fully saturated rings. The van der Waals surface area contributed by atoms with Gasteiger partial charge in [0.25, 0.3) is 0 Å². The summed E-state index contributed by atoms with van der Waals surface area (Å²) < 4.78 is 9.04. The van der Waals surface area contributed by atoms with E-state index >= 15 is 0 Å². The highest BCUT2D eigenvalue weighted by molar-refractivity contribution is 9.10. The molecule has 0 amide bonds. The fourth-order valence-electron chi connectivity index (χ4n) is 2.23. The van der Waals surface area contributed by atoms with Crippen molar-refractivity contribution in [3.63, 3.8) is 0 Å². The lowest BCUT2D eigenvalue weighted by Crippen LogP contribution is -1.94. The molecule has 2 aromatic carbocycles. The Bertz CT molecular complexity index is 703. The van der Waals surface area contributed by atoms with Crippen molar-refractivity contribution in [3.05, 3.63) is 64.8 Å². The van der Waals surface area contributed by atoms with Crippen LogP contribution >= 0.6 is 15.9 Å². The first kappa shape index (κ1) is 12.3. The van der Waals surface area contributed by atoms with E-state index in [9.17, 15) is 0 Å². The second-order valence-electron chi connectivity index (χ2n) is 4.53. The number of fused-ring (bicyclic) bond motifs is 1. The maximum atomic E-state index is 5.82. The molecule has 0 atom stereocenters. The van der Waals surface area contributed by atoms with Crippen LogP contribution in [0.2, 0.25) is 0 Å². The van der Waals surface area contributed by atoms with Gasteiger partial charge in [0.2, 0.25) is 0 Å². The summed E-state index contributed by atoms with van der Waals surface area (Å²) in [4.78, 5) is 0. The third-order valence-electron chi connectivity index (χ3n) is 3.17. The van der Waals surface area contributed by atoms with Crippen molar-refractivity contribution >= 4 is 26.8 Å². The van der Waals surface area contributed by atoms with Crippen molar-refractivity contribution < 1.29 is 4.74 Å². The zero-order valence-corrected chi connectivity index (χ0v) is 12.2. The number of benzene rings is 2. The summed E-state index contributed by atoms with van der Waals surface area (Å²) in [5.74, 6) is 0.900. The predicted octanol–water partition coefficient (Wildman–Crippen LogP) is 4.52. The third kappa shape index (κ3) is 2.51. The number of hydrogen-bond donors (Lipinski definition) is 0. The van der Waals surface area contributed by atoms with Gasteiger partial charge in [-0.1, -0.05) is 40.2 Å². The van der Waals surface area contributed by atoms with Gasteiger partial charge in [0.15, 0.2) is 0 Å². The lowest BCUT2D eigenvalue weighted by molar-refractivity contribution is 0.307. The molecule has 3 heteroatoms. The molecule has 19 heavy (non-hydrogen) atoms. The second kappa shape index (κ2) is 5.10. The summed E-state index contributed by atoms with van der Waals surface area (Å²) in [6.45, 7) is 0.586. The van der Waals surface area contributed by atoms with Gasteiger partial charge < -0.3 is 9.30 Å². The summed E-state index contributed by atoms with van der Waals surface area (Å²) in [6, 6.07) is 16.2. The Kier molecular flexibility index (Phi) is 3.30. The van der Waals surface area contributed by atoms with Gasteiger partial charge in [-0.05, 0) is 24.3 Å². The Morgan fingerprint density at radius 1 is 1.11 bits per heavy atom. The molecule has 3 aromatic rings. The van der Waals surface area contributed by atoms with Crippen molar-refractivity contribution in [2.24, 2.45) is 7.05 Å². The Morgan fingerprint density at radius 3 is 2.68 bits per heavy atom. The van der Waals surface area contributed by atoms with Crippen LogP contribution in [0.15, 0.2) is 59.2 Å². The molecular weight excluding hydrogens is 302 g/mol. The molecule has 1 aromatic heterocycles. The molecule has 0 aliphatic rings. The van der Waals surface area contributed by atoms with Gasteiger partial charge in [0.1, 0.15) is 12.4 Å². The number of rotatable bonds is 3. The van der Waals surface area contributed by atoms with E-state index in [-0.39, 0.29) is 0 Å². The molecule has 0 N–H and O–H groups in total. The van der Waals surface area contributed by atoms with Gasteiger partial charge in [-0.15, -0.1) is 0 Å². The quantitative estimate of drug-likeness (QED) is 0.693. The second-order valence-corrected chi connectivity index (χ2v) is 5.44. The smallest absolute Gasteiger partial charge is 0.119 e. The van der Waals surface area contributed by atoms with E-state index in [2.05, 4.69) is 51.9 Å². The van der Waals surface area contributed by atoms with Crippen molar-refractivity contribution in [1.82, 2.24) is 4.57 Å². The number of aromatic nitrogens is 1. The first-order valence-electron chi connectivity index (χ1n) is 6.15. The van der Waals surface area contributed by atoms with Crippen LogP contribution in [0.4, 0.5) is 0 Å². The summed E-state index contributed by atoms with van der Waals surface area (Å²) >= 11 is 3.51. The summed E-state index contributed by atoms with van der Waals surface area (Å²) in [5, 5.41) is 1.24. The summed E-state index contributed by atoms with van der Waals surface area (Å²) in [5.41, 5.74) is 2.41. The highest BCUT2D eigenvalue weighted by atomic mass is 79.9. The molecule has 0 aliphatic carbocycles. The summed E-state index contributed by atoms with van der Waals surface area (Å²) in [7, 11) is 2.06. The minimum Gasteiger partial charge on any atom is -0.489 e. The zero-order valence-electron chi connectivity index (χ0n) is 10.6. The Hall–Kier alpha value is -1.74. The Balaban J connectivity index is 1.89. The van der Waals surface area contributed by atoms with Crippen LogP contribution in [0.3, 0.4) is 0 Å². The molecule has 0 spiro atoms. The van der Waals surface area contributed by atoms with Crippen LogP contribution in [0.25, 0.3) is 10.9 Å². The van der Waals surface area contributed by atoms with E-state index in [0.717, 1.165) is 10.2 Å². The Labute approximate surface area is 120 Å². The molecule has 0 unspecified atom stereocenters. The average molecular weight is 316 g/mol. The zero-order chi connectivity index (χ0) is 13.2. The van der Waals surface area contributed by atoms with E-state index in [0.29, 0.717) is 6.61 Å². The van der Waals surface area contributed by atoms with Crippen LogP contribution in [0.5, 0.6) is 5.75 Å². The molecule has 0 aliphatic heterocycles. The van der Waals surface area contributed by atoms with Crippen LogP contribution in [0.1, 0.15) is 5.56 Å². The van der Waals surface area contributed by atoms with Crippen LogP contribution in [-0.4, -0.2) is 4.57 Å². The first-order valence-corrected chi connectivity index (χ1v) is 6.94. The largest absolute Gasteiger partial charge is 0.489 e. The molecule has 0 saturated heterocycles. The number of ether oxygens (including phenoxy) is 1. The van der Waals surface area contributed by atoms with Crippen LogP contribution in [-0.2, 0) is 13.7 Å². The van der Waals surface area contributed by atoms with Crippen molar-refractivity contribution in [2.45, 2.75) is 6.61 Å². The highest BCUT2D eigenvalue weighted by Crippen LogP contribution is 2.25. The number of hydrogen-bond acceptors (Lipinski definition) is 1. The highest BCUT2D eigenvalue weighted by Gasteiger charge is 2.07. The van der Waals surface area contributed by atoms with Gasteiger partial charge in [-0.2, -0.15) is 0 Å². The predicted molar refractivity (Wildman–Crippen MR) is 81.4 cm³/mol. The third-order valence-corrected chi connectivity index (χ3v) is 3.67. The summed E-state index contributed by atoms with van der Waals surface area (Å²) in [6.07, 6.45) is 2.13. The van der Waals surface area contributed by atoms with Gasteiger partial charge in [0, 0.05) is 34.2 Å². The van der Waals surface area contributed by atoms with Gasteiger partial charge >= 0.3 is 0 Å². The Morgan fingerprint density at radius 2 is 1.89 bits per heavy atom. The standard InChI is InChI=1S/C16H14BrNO/c1-18-10-12(11-19-14-5-3-2-4-6-14)15-8-7-13(17)9-16(15)18/h2-10H,11H2,1H3. The molecule has 3 rings (SSSR count). The van der Waals surface area contributed by atoms with E-state index in [1.54, 1.807) is 0 Å². The SMILES string of the molecule is Cn1cc(COc2ccccc2)c2ccc(Br)cc21. The van der Waals surface area contributed by atoms with Crippen LogP contribution < -0.4 is 4.74 Å².